The van der Waals surface area contributed by atoms with Crippen LogP contribution in [-0.2, 0) is 4.79 Å². The summed E-state index contributed by atoms with van der Waals surface area (Å²) in [4.78, 5) is 17.4. The third-order valence-electron chi connectivity index (χ3n) is 3.57. The first-order chi connectivity index (χ1) is 9.24. The van der Waals surface area contributed by atoms with Crippen LogP contribution in [0.5, 0.6) is 0 Å². The topological polar surface area (TPSA) is 66.6 Å². The van der Waals surface area contributed by atoms with E-state index in [1.54, 1.807) is 0 Å². The first-order valence-corrected chi connectivity index (χ1v) is 6.58. The molecule has 1 N–H and O–H groups in total. The Hall–Kier alpha value is -2.04. The van der Waals surface area contributed by atoms with Crippen LogP contribution in [0, 0.1) is 0 Å². The van der Waals surface area contributed by atoms with Gasteiger partial charge >= 0.3 is 5.97 Å². The molecular weight excluding hydrogens is 244 g/mol. The van der Waals surface area contributed by atoms with E-state index in [-0.39, 0.29) is 12.5 Å². The number of nitrogens with zero attached hydrogens (tertiary/aromatic N) is 2. The van der Waals surface area contributed by atoms with E-state index in [0.29, 0.717) is 6.01 Å². The Balaban J connectivity index is 1.91. The van der Waals surface area contributed by atoms with Crippen molar-refractivity contribution in [2.24, 2.45) is 0 Å². The Morgan fingerprint density at radius 1 is 1.42 bits per heavy atom. The Labute approximate surface area is 110 Å². The van der Waals surface area contributed by atoms with Gasteiger partial charge in [0.15, 0.2) is 5.58 Å². The molecule has 1 aromatic carbocycles. The molecule has 100 valence electrons. The quantitative estimate of drug-likeness (QED) is 0.919. The Bertz CT molecular complexity index is 560. The highest BCUT2D eigenvalue weighted by Crippen LogP contribution is 2.28. The summed E-state index contributed by atoms with van der Waals surface area (Å²) in [5.41, 5.74) is 1.56. The highest BCUT2D eigenvalue weighted by Gasteiger charge is 2.28. The number of benzene rings is 1. The van der Waals surface area contributed by atoms with Crippen LogP contribution < -0.4 is 4.90 Å². The van der Waals surface area contributed by atoms with E-state index in [9.17, 15) is 4.79 Å². The van der Waals surface area contributed by atoms with Gasteiger partial charge in [0.05, 0.1) is 6.42 Å². The molecule has 2 heterocycles. The molecule has 5 heteroatoms. The molecule has 0 aliphatic carbocycles. The van der Waals surface area contributed by atoms with E-state index in [0.717, 1.165) is 36.9 Å². The second kappa shape index (κ2) is 4.91. The lowest BCUT2D eigenvalue weighted by molar-refractivity contribution is -0.137. The SMILES string of the molecule is O=C(O)CC1CCCCN1c1nc2ccccc2o1. The molecule has 19 heavy (non-hydrogen) atoms. The molecule has 0 bridgehead atoms. The zero-order chi connectivity index (χ0) is 13.2. The van der Waals surface area contributed by atoms with Gasteiger partial charge in [-0.3, -0.25) is 4.79 Å². The number of piperidine rings is 1. The summed E-state index contributed by atoms with van der Waals surface area (Å²) in [6.45, 7) is 0.810. The average Bonchev–Trinajstić information content (AvgIpc) is 2.82. The molecule has 1 unspecified atom stereocenters. The fourth-order valence-electron chi connectivity index (χ4n) is 2.65. The summed E-state index contributed by atoms with van der Waals surface area (Å²) in [6, 6.07) is 8.13. The van der Waals surface area contributed by atoms with Crippen LogP contribution in [0.25, 0.3) is 11.1 Å². The summed E-state index contributed by atoms with van der Waals surface area (Å²) in [6.07, 6.45) is 3.13. The molecule has 1 atom stereocenters. The number of carbonyl (C=O) groups is 1. The van der Waals surface area contributed by atoms with Crippen molar-refractivity contribution >= 4 is 23.1 Å². The number of hydrogen-bond acceptors (Lipinski definition) is 4. The van der Waals surface area contributed by atoms with Crippen molar-refractivity contribution in [2.45, 2.75) is 31.7 Å². The molecule has 2 aromatic rings. The second-order valence-electron chi connectivity index (χ2n) is 4.91. The summed E-state index contributed by atoms with van der Waals surface area (Å²) in [5.74, 6) is -0.770. The van der Waals surface area contributed by atoms with Crippen molar-refractivity contribution < 1.29 is 14.3 Å². The third-order valence-corrected chi connectivity index (χ3v) is 3.57. The van der Waals surface area contributed by atoms with Crippen molar-refractivity contribution in [1.29, 1.82) is 0 Å². The van der Waals surface area contributed by atoms with Gasteiger partial charge in [0.1, 0.15) is 5.52 Å². The molecule has 3 rings (SSSR count). The highest BCUT2D eigenvalue weighted by atomic mass is 16.4. The van der Waals surface area contributed by atoms with Crippen LogP contribution in [0.3, 0.4) is 0 Å². The highest BCUT2D eigenvalue weighted by molar-refractivity contribution is 5.74. The van der Waals surface area contributed by atoms with Crippen molar-refractivity contribution in [3.63, 3.8) is 0 Å². The molecule has 1 fully saturated rings. The summed E-state index contributed by atoms with van der Waals surface area (Å²) >= 11 is 0. The van der Waals surface area contributed by atoms with Gasteiger partial charge < -0.3 is 14.4 Å². The van der Waals surface area contributed by atoms with Crippen LogP contribution in [0.1, 0.15) is 25.7 Å². The van der Waals surface area contributed by atoms with E-state index in [4.69, 9.17) is 9.52 Å². The maximum Gasteiger partial charge on any atom is 0.305 e. The number of hydrogen-bond donors (Lipinski definition) is 1. The predicted molar refractivity (Wildman–Crippen MR) is 71.2 cm³/mol. The molecule has 0 spiro atoms. The van der Waals surface area contributed by atoms with E-state index >= 15 is 0 Å². The van der Waals surface area contributed by atoms with Gasteiger partial charge in [0.2, 0.25) is 0 Å². The predicted octanol–water partition coefficient (Wildman–Crippen LogP) is 2.66. The van der Waals surface area contributed by atoms with E-state index < -0.39 is 5.97 Å². The van der Waals surface area contributed by atoms with Crippen molar-refractivity contribution in [3.05, 3.63) is 24.3 Å². The van der Waals surface area contributed by atoms with Crippen LogP contribution in [0.2, 0.25) is 0 Å². The largest absolute Gasteiger partial charge is 0.481 e. The fourth-order valence-corrected chi connectivity index (χ4v) is 2.65. The van der Waals surface area contributed by atoms with Crippen LogP contribution in [0.4, 0.5) is 6.01 Å². The maximum atomic E-state index is 10.9. The van der Waals surface area contributed by atoms with Crippen LogP contribution in [0.15, 0.2) is 28.7 Å². The molecule has 5 nitrogen and oxygen atoms in total. The zero-order valence-corrected chi connectivity index (χ0v) is 10.6. The van der Waals surface area contributed by atoms with Gasteiger partial charge in [0, 0.05) is 12.6 Å². The minimum Gasteiger partial charge on any atom is -0.481 e. The number of aromatic nitrogens is 1. The lowest BCUT2D eigenvalue weighted by Gasteiger charge is -2.33. The number of rotatable bonds is 3. The zero-order valence-electron chi connectivity index (χ0n) is 10.6. The number of oxazole rings is 1. The standard InChI is InChI=1S/C14H16N2O3/c17-13(18)9-10-5-3-4-8-16(10)14-15-11-6-1-2-7-12(11)19-14/h1-2,6-7,10H,3-5,8-9H2,(H,17,18). The van der Waals surface area contributed by atoms with Gasteiger partial charge in [-0.25, -0.2) is 0 Å². The number of carboxylic acid groups (broad SMARTS) is 1. The normalized spacial score (nSPS) is 19.8. The molecule has 1 aliphatic heterocycles. The minimum atomic E-state index is -0.770. The maximum absolute atomic E-state index is 10.9. The number of para-hydroxylation sites is 2. The van der Waals surface area contributed by atoms with Crippen molar-refractivity contribution in [3.8, 4) is 0 Å². The van der Waals surface area contributed by atoms with Crippen LogP contribution >= 0.6 is 0 Å². The fraction of sp³-hybridized carbons (Fsp3) is 0.429. The van der Waals surface area contributed by atoms with Crippen molar-refractivity contribution in [1.82, 2.24) is 4.98 Å². The molecule has 0 radical (unpaired) electrons. The summed E-state index contributed by atoms with van der Waals surface area (Å²) in [5, 5.41) is 8.99. The number of fused-ring (bicyclic) bond motifs is 1. The van der Waals surface area contributed by atoms with Gasteiger partial charge in [-0.05, 0) is 31.4 Å². The first kappa shape index (κ1) is 12.0. The van der Waals surface area contributed by atoms with E-state index in [1.165, 1.54) is 0 Å². The first-order valence-electron chi connectivity index (χ1n) is 6.58. The molecule has 0 saturated carbocycles. The third kappa shape index (κ3) is 2.41. The molecule has 0 amide bonds. The van der Waals surface area contributed by atoms with Gasteiger partial charge in [0.25, 0.3) is 6.01 Å². The summed E-state index contributed by atoms with van der Waals surface area (Å²) < 4.78 is 5.74. The lowest BCUT2D eigenvalue weighted by Crippen LogP contribution is -2.41. The average molecular weight is 260 g/mol. The molecule has 1 saturated heterocycles. The Morgan fingerprint density at radius 3 is 3.05 bits per heavy atom. The van der Waals surface area contributed by atoms with Gasteiger partial charge in [-0.15, -0.1) is 0 Å². The monoisotopic (exact) mass is 260 g/mol. The Morgan fingerprint density at radius 2 is 2.26 bits per heavy atom. The van der Waals surface area contributed by atoms with Crippen molar-refractivity contribution in [2.75, 3.05) is 11.4 Å². The smallest absolute Gasteiger partial charge is 0.305 e. The molecule has 1 aromatic heterocycles. The van der Waals surface area contributed by atoms with Gasteiger partial charge in [-0.2, -0.15) is 4.98 Å². The number of carboxylic acids is 1. The van der Waals surface area contributed by atoms with Crippen LogP contribution in [-0.4, -0.2) is 28.6 Å². The van der Waals surface area contributed by atoms with E-state index in [2.05, 4.69) is 4.98 Å². The summed E-state index contributed by atoms with van der Waals surface area (Å²) in [7, 11) is 0. The minimum absolute atomic E-state index is 0.0145. The number of anilines is 1. The second-order valence-corrected chi connectivity index (χ2v) is 4.91. The van der Waals surface area contributed by atoms with Gasteiger partial charge in [-0.1, -0.05) is 12.1 Å². The lowest BCUT2D eigenvalue weighted by atomic mass is 10.00. The number of aliphatic carboxylic acids is 1. The molecule has 1 aliphatic rings. The van der Waals surface area contributed by atoms with E-state index in [1.807, 2.05) is 29.2 Å². The molecular formula is C14H16N2O3. The Kier molecular flexibility index (Phi) is 3.11.